The summed E-state index contributed by atoms with van der Waals surface area (Å²) in [5.41, 5.74) is 0.672. The molecule has 0 radical (unpaired) electrons. The fourth-order valence-corrected chi connectivity index (χ4v) is 4.93. The molecule has 1 saturated heterocycles. The number of halogens is 1. The van der Waals surface area contributed by atoms with Crippen molar-refractivity contribution in [3.05, 3.63) is 28.8 Å². The van der Waals surface area contributed by atoms with E-state index in [4.69, 9.17) is 16.7 Å². The van der Waals surface area contributed by atoms with E-state index in [0.29, 0.717) is 34.9 Å². The first-order chi connectivity index (χ1) is 9.46. The van der Waals surface area contributed by atoms with Crippen molar-refractivity contribution in [2.45, 2.75) is 43.5 Å². The molecule has 0 aromatic heterocycles. The summed E-state index contributed by atoms with van der Waals surface area (Å²) < 4.78 is 27.1. The number of nitrogens with zero attached hydrogens (tertiary/aromatic N) is 1. The van der Waals surface area contributed by atoms with Crippen LogP contribution in [0.3, 0.4) is 0 Å². The minimum Gasteiger partial charge on any atom is -0.396 e. The Morgan fingerprint density at radius 3 is 2.85 bits per heavy atom. The summed E-state index contributed by atoms with van der Waals surface area (Å²) in [6.07, 6.45) is 3.09. The second-order valence-electron chi connectivity index (χ2n) is 5.19. The first-order valence-electron chi connectivity index (χ1n) is 6.85. The summed E-state index contributed by atoms with van der Waals surface area (Å²) in [4.78, 5) is 0.331. The number of aliphatic hydroxyl groups excluding tert-OH is 1. The Balaban J connectivity index is 2.29. The van der Waals surface area contributed by atoms with E-state index in [1.165, 1.54) is 0 Å². The van der Waals surface area contributed by atoms with Crippen LogP contribution in [0.1, 0.15) is 31.2 Å². The molecule has 1 aromatic rings. The third kappa shape index (κ3) is 3.17. The van der Waals surface area contributed by atoms with Crippen molar-refractivity contribution in [1.29, 1.82) is 0 Å². The molecule has 20 heavy (non-hydrogen) atoms. The Bertz CT molecular complexity index is 574. The van der Waals surface area contributed by atoms with Gasteiger partial charge in [0.05, 0.1) is 4.90 Å². The van der Waals surface area contributed by atoms with E-state index in [-0.39, 0.29) is 12.6 Å². The minimum absolute atomic E-state index is 0.00206. The zero-order valence-electron chi connectivity index (χ0n) is 11.5. The highest BCUT2D eigenvalue weighted by Gasteiger charge is 2.35. The lowest BCUT2D eigenvalue weighted by molar-refractivity contribution is 0.264. The molecule has 1 N–H and O–H groups in total. The van der Waals surface area contributed by atoms with Crippen molar-refractivity contribution < 1.29 is 13.5 Å². The van der Waals surface area contributed by atoms with Crippen LogP contribution in [0.5, 0.6) is 0 Å². The average Bonchev–Trinajstić information content (AvgIpc) is 2.84. The van der Waals surface area contributed by atoms with Crippen LogP contribution >= 0.6 is 11.6 Å². The SMILES string of the molecule is Cc1cc(Cl)ccc1S(=O)(=O)N1CCCC1CCCO. The van der Waals surface area contributed by atoms with E-state index >= 15 is 0 Å². The van der Waals surface area contributed by atoms with E-state index in [1.54, 1.807) is 29.4 Å². The van der Waals surface area contributed by atoms with Gasteiger partial charge in [0.2, 0.25) is 10.0 Å². The van der Waals surface area contributed by atoms with Gasteiger partial charge in [-0.05, 0) is 56.4 Å². The van der Waals surface area contributed by atoms with Crippen molar-refractivity contribution in [3.8, 4) is 0 Å². The van der Waals surface area contributed by atoms with Crippen LogP contribution in [0, 0.1) is 6.92 Å². The molecule has 4 nitrogen and oxygen atoms in total. The first kappa shape index (κ1) is 15.8. The third-order valence-corrected chi connectivity index (χ3v) is 6.09. The quantitative estimate of drug-likeness (QED) is 0.908. The lowest BCUT2D eigenvalue weighted by atomic mass is 10.1. The van der Waals surface area contributed by atoms with Crippen molar-refractivity contribution in [1.82, 2.24) is 4.31 Å². The van der Waals surface area contributed by atoms with Gasteiger partial charge >= 0.3 is 0 Å². The lowest BCUT2D eigenvalue weighted by Gasteiger charge is -2.24. The van der Waals surface area contributed by atoms with Crippen LogP contribution in [-0.2, 0) is 10.0 Å². The molecular formula is C14H20ClNO3S. The number of hydrogen-bond donors (Lipinski definition) is 1. The van der Waals surface area contributed by atoms with Gasteiger partial charge < -0.3 is 5.11 Å². The Hall–Kier alpha value is -0.620. The maximum absolute atomic E-state index is 12.8. The number of aryl methyl sites for hydroxylation is 1. The maximum atomic E-state index is 12.8. The summed E-state index contributed by atoms with van der Waals surface area (Å²) >= 11 is 5.89. The predicted octanol–water partition coefficient (Wildman–Crippen LogP) is 2.57. The average molecular weight is 318 g/mol. The molecular weight excluding hydrogens is 298 g/mol. The molecule has 0 saturated carbocycles. The van der Waals surface area contributed by atoms with Crippen LogP contribution in [-0.4, -0.2) is 37.0 Å². The standard InChI is InChI=1S/C14H20ClNO3S/c1-11-10-12(15)6-7-14(11)20(18,19)16-8-2-4-13(16)5-3-9-17/h6-7,10,13,17H,2-5,8-9H2,1H3. The molecule has 1 aromatic carbocycles. The van der Waals surface area contributed by atoms with Gasteiger partial charge in [0.25, 0.3) is 0 Å². The zero-order chi connectivity index (χ0) is 14.8. The zero-order valence-corrected chi connectivity index (χ0v) is 13.1. The van der Waals surface area contributed by atoms with Crippen LogP contribution in [0.4, 0.5) is 0 Å². The predicted molar refractivity (Wildman–Crippen MR) is 79.4 cm³/mol. The molecule has 1 heterocycles. The summed E-state index contributed by atoms with van der Waals surface area (Å²) in [5.74, 6) is 0. The van der Waals surface area contributed by atoms with Gasteiger partial charge in [-0.2, -0.15) is 4.31 Å². The number of hydrogen-bond acceptors (Lipinski definition) is 3. The third-order valence-electron chi connectivity index (χ3n) is 3.74. The minimum atomic E-state index is -3.47. The highest BCUT2D eigenvalue weighted by atomic mass is 35.5. The molecule has 6 heteroatoms. The van der Waals surface area contributed by atoms with Crippen LogP contribution in [0.25, 0.3) is 0 Å². The topological polar surface area (TPSA) is 57.6 Å². The second kappa shape index (κ2) is 6.43. The van der Waals surface area contributed by atoms with E-state index in [1.807, 2.05) is 0 Å². The van der Waals surface area contributed by atoms with Crippen molar-refractivity contribution in [3.63, 3.8) is 0 Å². The number of sulfonamides is 1. The first-order valence-corrected chi connectivity index (χ1v) is 8.67. The molecule has 1 aliphatic rings. The normalized spacial score (nSPS) is 20.4. The fraction of sp³-hybridized carbons (Fsp3) is 0.571. The number of rotatable bonds is 5. The van der Waals surface area contributed by atoms with Crippen molar-refractivity contribution in [2.75, 3.05) is 13.2 Å². The van der Waals surface area contributed by atoms with Gasteiger partial charge in [-0.1, -0.05) is 11.6 Å². The molecule has 1 atom stereocenters. The number of aliphatic hydroxyl groups is 1. The van der Waals surface area contributed by atoms with Crippen molar-refractivity contribution >= 4 is 21.6 Å². The van der Waals surface area contributed by atoms with E-state index in [0.717, 1.165) is 12.8 Å². The fourth-order valence-electron chi connectivity index (χ4n) is 2.77. The molecule has 2 rings (SSSR count). The Labute approximate surface area is 125 Å². The maximum Gasteiger partial charge on any atom is 0.243 e. The van der Waals surface area contributed by atoms with Crippen LogP contribution < -0.4 is 0 Å². The molecule has 0 spiro atoms. The molecule has 1 unspecified atom stereocenters. The smallest absolute Gasteiger partial charge is 0.243 e. The van der Waals surface area contributed by atoms with E-state index in [9.17, 15) is 8.42 Å². The largest absolute Gasteiger partial charge is 0.396 e. The van der Waals surface area contributed by atoms with Gasteiger partial charge in [0, 0.05) is 24.2 Å². The summed E-state index contributed by atoms with van der Waals surface area (Å²) in [6.45, 7) is 2.42. The Kier molecular flexibility index (Phi) is 5.07. The van der Waals surface area contributed by atoms with E-state index < -0.39 is 10.0 Å². The van der Waals surface area contributed by atoms with Gasteiger partial charge in [-0.15, -0.1) is 0 Å². The van der Waals surface area contributed by atoms with Crippen LogP contribution in [0.15, 0.2) is 23.1 Å². The summed E-state index contributed by atoms with van der Waals surface area (Å²) in [7, 11) is -3.47. The van der Waals surface area contributed by atoms with Gasteiger partial charge in [0.1, 0.15) is 0 Å². The lowest BCUT2D eigenvalue weighted by Crippen LogP contribution is -2.36. The molecule has 0 aliphatic carbocycles. The molecule has 0 amide bonds. The van der Waals surface area contributed by atoms with E-state index in [2.05, 4.69) is 0 Å². The Morgan fingerprint density at radius 2 is 2.20 bits per heavy atom. The monoisotopic (exact) mass is 317 g/mol. The van der Waals surface area contributed by atoms with Gasteiger partial charge in [-0.25, -0.2) is 8.42 Å². The number of benzene rings is 1. The highest BCUT2D eigenvalue weighted by Crippen LogP contribution is 2.30. The van der Waals surface area contributed by atoms with Crippen molar-refractivity contribution in [2.24, 2.45) is 0 Å². The summed E-state index contributed by atoms with van der Waals surface area (Å²) in [6, 6.07) is 4.87. The van der Waals surface area contributed by atoms with Gasteiger partial charge in [0.15, 0.2) is 0 Å². The summed E-state index contributed by atoms with van der Waals surface area (Å²) in [5, 5.41) is 9.47. The molecule has 112 valence electrons. The Morgan fingerprint density at radius 1 is 1.45 bits per heavy atom. The molecule has 1 fully saturated rings. The molecule has 0 bridgehead atoms. The molecule has 1 aliphatic heterocycles. The van der Waals surface area contributed by atoms with Crippen LogP contribution in [0.2, 0.25) is 5.02 Å². The van der Waals surface area contributed by atoms with Gasteiger partial charge in [-0.3, -0.25) is 0 Å². The second-order valence-corrected chi connectivity index (χ2v) is 7.48. The highest BCUT2D eigenvalue weighted by molar-refractivity contribution is 7.89.